The van der Waals surface area contributed by atoms with E-state index in [4.69, 9.17) is 4.42 Å². The zero-order valence-corrected chi connectivity index (χ0v) is 14.9. The van der Waals surface area contributed by atoms with Crippen LogP contribution in [0.2, 0.25) is 0 Å². The highest BCUT2D eigenvalue weighted by Crippen LogP contribution is 2.22. The van der Waals surface area contributed by atoms with Crippen LogP contribution in [0.4, 0.5) is 10.2 Å². The molecular weight excluding hydrogens is 361 g/mol. The van der Waals surface area contributed by atoms with Crippen molar-refractivity contribution in [2.45, 2.75) is 13.3 Å². The molecular formula is C17H16FN3O4S. The normalized spacial score (nSPS) is 11.7. The molecule has 136 valence electrons. The molecule has 0 radical (unpaired) electrons. The topological polar surface area (TPSA) is 101 Å². The Morgan fingerprint density at radius 1 is 1.23 bits per heavy atom. The predicted molar refractivity (Wildman–Crippen MR) is 95.8 cm³/mol. The molecule has 3 aromatic rings. The monoisotopic (exact) mass is 377 g/mol. The number of rotatable bonds is 5. The molecule has 0 spiro atoms. The number of aromatic nitrogens is 1. The molecule has 1 aromatic carbocycles. The van der Waals surface area contributed by atoms with Gasteiger partial charge < -0.3 is 4.42 Å². The van der Waals surface area contributed by atoms with Gasteiger partial charge in [0, 0.05) is 30.6 Å². The fourth-order valence-corrected chi connectivity index (χ4v) is 3.09. The first-order valence-electron chi connectivity index (χ1n) is 7.67. The fraction of sp³-hybridized carbons (Fsp3) is 0.176. The second-order valence-corrected chi connectivity index (χ2v) is 7.29. The Morgan fingerprint density at radius 2 is 2.00 bits per heavy atom. The zero-order valence-electron chi connectivity index (χ0n) is 14.0. The summed E-state index contributed by atoms with van der Waals surface area (Å²) in [7, 11) is -2.42. The van der Waals surface area contributed by atoms with E-state index in [1.807, 2.05) is 0 Å². The summed E-state index contributed by atoms with van der Waals surface area (Å²) in [4.78, 5) is 16.2. The van der Waals surface area contributed by atoms with Gasteiger partial charge in [-0.25, -0.2) is 18.9 Å². The van der Waals surface area contributed by atoms with E-state index in [9.17, 15) is 17.6 Å². The van der Waals surface area contributed by atoms with Crippen LogP contribution in [0.5, 0.6) is 0 Å². The predicted octanol–water partition coefficient (Wildman–Crippen LogP) is 2.10. The summed E-state index contributed by atoms with van der Waals surface area (Å²) in [5.74, 6) is -0.307. The van der Waals surface area contributed by atoms with Crippen LogP contribution in [-0.4, -0.2) is 20.4 Å². The van der Waals surface area contributed by atoms with Crippen LogP contribution in [0.25, 0.3) is 11.0 Å². The SMILES string of the molecule is CNS(=O)(=O)Nc1cc(Cc2c(C)c3cc(F)ccc3oc2=O)ccn1. The Hall–Kier alpha value is -2.78. The van der Waals surface area contributed by atoms with Crippen molar-refractivity contribution in [2.24, 2.45) is 0 Å². The van der Waals surface area contributed by atoms with Crippen molar-refractivity contribution in [3.8, 4) is 0 Å². The summed E-state index contributed by atoms with van der Waals surface area (Å²) in [5.41, 5.74) is 1.44. The van der Waals surface area contributed by atoms with Crippen molar-refractivity contribution in [1.82, 2.24) is 9.71 Å². The highest BCUT2D eigenvalue weighted by Gasteiger charge is 2.14. The van der Waals surface area contributed by atoms with Gasteiger partial charge in [0.2, 0.25) is 0 Å². The van der Waals surface area contributed by atoms with E-state index in [2.05, 4.69) is 14.4 Å². The number of hydrogen-bond acceptors (Lipinski definition) is 5. The van der Waals surface area contributed by atoms with E-state index in [0.717, 1.165) is 0 Å². The summed E-state index contributed by atoms with van der Waals surface area (Å²) >= 11 is 0. The number of nitrogens with one attached hydrogen (secondary N) is 2. The third-order valence-corrected chi connectivity index (χ3v) is 4.98. The molecule has 0 saturated carbocycles. The molecule has 0 saturated heterocycles. The van der Waals surface area contributed by atoms with E-state index in [0.29, 0.717) is 27.7 Å². The van der Waals surface area contributed by atoms with Crippen LogP contribution in [0.15, 0.2) is 45.7 Å². The van der Waals surface area contributed by atoms with Crippen LogP contribution in [-0.2, 0) is 16.6 Å². The van der Waals surface area contributed by atoms with Crippen molar-refractivity contribution in [1.29, 1.82) is 0 Å². The van der Waals surface area contributed by atoms with Crippen molar-refractivity contribution in [3.63, 3.8) is 0 Å². The number of hydrogen-bond donors (Lipinski definition) is 2. The quantitative estimate of drug-likeness (QED) is 0.663. The van der Waals surface area contributed by atoms with Crippen LogP contribution < -0.4 is 15.1 Å². The molecule has 0 amide bonds. The summed E-state index contributed by atoms with van der Waals surface area (Å²) in [6.07, 6.45) is 1.62. The maximum atomic E-state index is 13.5. The van der Waals surface area contributed by atoms with Gasteiger partial charge in [0.25, 0.3) is 10.2 Å². The largest absolute Gasteiger partial charge is 0.422 e. The standard InChI is InChI=1S/C17H16FN3O4S/c1-10-13-9-12(18)3-4-15(13)25-17(22)14(10)7-11-5-6-20-16(8-11)21-26(23,24)19-2/h3-6,8-9,19H,7H2,1-2H3,(H,20,21). The molecule has 0 aliphatic carbocycles. The fourth-order valence-electron chi connectivity index (χ4n) is 2.60. The molecule has 26 heavy (non-hydrogen) atoms. The number of benzene rings is 1. The van der Waals surface area contributed by atoms with Crippen molar-refractivity contribution in [3.05, 3.63) is 69.5 Å². The highest BCUT2D eigenvalue weighted by molar-refractivity contribution is 7.90. The maximum Gasteiger partial charge on any atom is 0.340 e. The third kappa shape index (κ3) is 3.73. The number of halogens is 1. The number of nitrogens with zero attached hydrogens (tertiary/aromatic N) is 1. The first-order chi connectivity index (χ1) is 12.3. The van der Waals surface area contributed by atoms with Crippen molar-refractivity contribution >= 4 is 27.0 Å². The lowest BCUT2D eigenvalue weighted by atomic mass is 10.00. The molecule has 9 heteroatoms. The molecule has 2 heterocycles. The molecule has 0 fully saturated rings. The summed E-state index contributed by atoms with van der Waals surface area (Å²) in [6.45, 7) is 1.72. The van der Waals surface area contributed by atoms with Gasteiger partial charge >= 0.3 is 5.63 Å². The molecule has 7 nitrogen and oxygen atoms in total. The lowest BCUT2D eigenvalue weighted by Crippen LogP contribution is -2.26. The van der Waals surface area contributed by atoms with E-state index in [1.165, 1.54) is 37.5 Å². The Bertz CT molecular complexity index is 1140. The van der Waals surface area contributed by atoms with Crippen molar-refractivity contribution in [2.75, 3.05) is 11.8 Å². The minimum Gasteiger partial charge on any atom is -0.422 e. The van der Waals surface area contributed by atoms with E-state index >= 15 is 0 Å². The molecule has 2 N–H and O–H groups in total. The van der Waals surface area contributed by atoms with Crippen LogP contribution in [0, 0.1) is 12.7 Å². The average Bonchev–Trinajstić information content (AvgIpc) is 2.59. The van der Waals surface area contributed by atoms with E-state index in [1.54, 1.807) is 13.0 Å². The number of anilines is 1. The van der Waals surface area contributed by atoms with Crippen LogP contribution >= 0.6 is 0 Å². The zero-order chi connectivity index (χ0) is 18.9. The maximum absolute atomic E-state index is 13.5. The average molecular weight is 377 g/mol. The minimum absolute atomic E-state index is 0.116. The third-order valence-electron chi connectivity index (χ3n) is 3.96. The first kappa shape index (κ1) is 18.0. The lowest BCUT2D eigenvalue weighted by Gasteiger charge is -2.10. The minimum atomic E-state index is -3.70. The van der Waals surface area contributed by atoms with Crippen LogP contribution in [0.1, 0.15) is 16.7 Å². The van der Waals surface area contributed by atoms with Gasteiger partial charge in [0.15, 0.2) is 0 Å². The second kappa shape index (κ2) is 6.85. The van der Waals surface area contributed by atoms with Gasteiger partial charge in [0.1, 0.15) is 17.2 Å². The molecule has 0 bridgehead atoms. The Kier molecular flexibility index (Phi) is 4.75. The number of fused-ring (bicyclic) bond motifs is 1. The lowest BCUT2D eigenvalue weighted by molar-refractivity contribution is 0.548. The summed E-state index contributed by atoms with van der Waals surface area (Å²) < 4.78 is 46.3. The van der Waals surface area contributed by atoms with Gasteiger partial charge in [-0.3, -0.25) is 4.72 Å². The van der Waals surface area contributed by atoms with Crippen molar-refractivity contribution < 1.29 is 17.2 Å². The molecule has 3 rings (SSSR count). The molecule has 0 unspecified atom stereocenters. The molecule has 0 aliphatic rings. The van der Waals surface area contributed by atoms with Gasteiger partial charge in [-0.1, -0.05) is 0 Å². The highest BCUT2D eigenvalue weighted by atomic mass is 32.2. The first-order valence-corrected chi connectivity index (χ1v) is 9.15. The number of aryl methyl sites for hydroxylation is 1. The second-order valence-electron chi connectivity index (χ2n) is 5.67. The van der Waals surface area contributed by atoms with E-state index < -0.39 is 21.7 Å². The summed E-state index contributed by atoms with van der Waals surface area (Å²) in [6, 6.07) is 7.14. The molecule has 2 aromatic heterocycles. The van der Waals surface area contributed by atoms with Gasteiger partial charge in [-0.15, -0.1) is 0 Å². The van der Waals surface area contributed by atoms with Gasteiger partial charge in [-0.05, 0) is 48.4 Å². The Balaban J connectivity index is 2.00. The van der Waals surface area contributed by atoms with Gasteiger partial charge in [0.05, 0.1) is 0 Å². The molecule has 0 aliphatic heterocycles. The van der Waals surface area contributed by atoms with E-state index in [-0.39, 0.29) is 12.2 Å². The smallest absolute Gasteiger partial charge is 0.340 e. The van der Waals surface area contributed by atoms with Crippen LogP contribution in [0.3, 0.4) is 0 Å². The number of pyridine rings is 1. The van der Waals surface area contributed by atoms with Gasteiger partial charge in [-0.2, -0.15) is 8.42 Å². The summed E-state index contributed by atoms with van der Waals surface area (Å²) in [5, 5.41) is 0.518. The Labute approximate surface area is 149 Å². The molecule has 0 atom stereocenters. The Morgan fingerprint density at radius 3 is 2.73 bits per heavy atom.